The van der Waals surface area contributed by atoms with Crippen LogP contribution in [0.1, 0.15) is 15.9 Å². The maximum Gasteiger partial charge on any atom is 0.227 e. The van der Waals surface area contributed by atoms with Gasteiger partial charge < -0.3 is 0 Å². The quantitative estimate of drug-likeness (QED) is 0.0401. The molecule has 7 aromatic rings. The Morgan fingerprint density at radius 1 is 0.424 bits per heavy atom. The summed E-state index contributed by atoms with van der Waals surface area (Å²) in [5.74, 6) is -71.4. The van der Waals surface area contributed by atoms with Crippen LogP contribution in [0.5, 0.6) is 0 Å². The van der Waals surface area contributed by atoms with Gasteiger partial charge in [0.2, 0.25) is 17.8 Å². The zero-order valence-corrected chi connectivity index (χ0v) is 31.5. The molecule has 0 unspecified atom stereocenters. The highest BCUT2D eigenvalue weighted by atomic mass is 19.2. The van der Waals surface area contributed by atoms with Gasteiger partial charge in [0.25, 0.3) is 0 Å². The first kappa shape index (κ1) is 48.0. The fraction of sp³-hybridized carbons (Fsp3) is 0.0238. The van der Waals surface area contributed by atoms with Gasteiger partial charge in [0, 0.05) is 23.1 Å². The van der Waals surface area contributed by atoms with Gasteiger partial charge in [0.15, 0.2) is 76.0 Å². The van der Waals surface area contributed by atoms with E-state index in [0.717, 1.165) is 10.9 Å². The van der Waals surface area contributed by atoms with Crippen molar-refractivity contribution >= 4 is 44.7 Å². The molecule has 1 aromatic heterocycles. The number of halogens is 20. The Bertz CT molecular complexity index is 2830. The minimum atomic E-state index is -7.22. The number of nitriles is 1. The van der Waals surface area contributed by atoms with Gasteiger partial charge in [-0.3, -0.25) is 4.79 Å². The van der Waals surface area contributed by atoms with E-state index < -0.39 is 144 Å². The Balaban J connectivity index is 0.000000284. The summed E-state index contributed by atoms with van der Waals surface area (Å²) in [6, 6.07) is 20.7. The van der Waals surface area contributed by atoms with Crippen LogP contribution in [0.25, 0.3) is 10.9 Å². The van der Waals surface area contributed by atoms with Crippen LogP contribution >= 0.6 is 0 Å². The van der Waals surface area contributed by atoms with Crippen LogP contribution in [0.15, 0.2) is 66.9 Å². The van der Waals surface area contributed by atoms with E-state index in [9.17, 15) is 57.5 Å². The standard InChI is InChI=1S/C24BF20.C18H13N2O/c26-5-1(6(27)14(35)21(42)13(5)34)25(2-7(28)15(36)22(43)16(37)8(2)29,3-9(30)17(38)23(44)18(39)10(3)31)4-11(32)19(40)24(45)20(41)12(4)33;19-12-14-8-9-15-7-4-10-20(17(15)11-14)13-18(21)16-5-2-1-3-6-16/h;1-11H,13H2/q-1;+1. The van der Waals surface area contributed by atoms with Gasteiger partial charge in [-0.15, -0.1) is 21.9 Å². The predicted octanol–water partition coefficient (Wildman–Crippen LogP) is 8.73. The summed E-state index contributed by atoms with van der Waals surface area (Å²) in [6.07, 6.45) is -5.35. The van der Waals surface area contributed by atoms with Gasteiger partial charge >= 0.3 is 0 Å². The molecule has 0 saturated carbocycles. The molecule has 24 heteroatoms. The maximum absolute atomic E-state index is 15.4. The summed E-state index contributed by atoms with van der Waals surface area (Å²) in [7, 11) is 0. The van der Waals surface area contributed by atoms with E-state index in [-0.39, 0.29) is 12.3 Å². The first-order valence-electron chi connectivity index (χ1n) is 17.6. The molecule has 0 aliphatic rings. The molecule has 340 valence electrons. The monoisotopic (exact) mass is 952 g/mol. The van der Waals surface area contributed by atoms with Gasteiger partial charge in [-0.2, -0.15) is 9.83 Å². The van der Waals surface area contributed by atoms with Crippen molar-refractivity contribution in [1.29, 1.82) is 5.26 Å². The molecule has 3 nitrogen and oxygen atoms in total. The molecule has 0 spiro atoms. The van der Waals surface area contributed by atoms with Crippen molar-refractivity contribution in [2.45, 2.75) is 6.54 Å². The van der Waals surface area contributed by atoms with Crippen LogP contribution in [0.2, 0.25) is 0 Å². The molecule has 0 bridgehead atoms. The van der Waals surface area contributed by atoms with Gasteiger partial charge in [0.05, 0.1) is 11.6 Å². The summed E-state index contributed by atoms with van der Waals surface area (Å²) in [6.45, 7) is 0.260. The average Bonchev–Trinajstić information content (AvgIpc) is 3.31. The largest absolute Gasteiger partial charge is 0.287 e. The van der Waals surface area contributed by atoms with Crippen molar-refractivity contribution in [3.63, 3.8) is 0 Å². The molecule has 0 aliphatic heterocycles. The lowest BCUT2D eigenvalue weighted by molar-refractivity contribution is -0.657. The van der Waals surface area contributed by atoms with Crippen LogP contribution < -0.4 is 26.4 Å². The van der Waals surface area contributed by atoms with E-state index in [0.29, 0.717) is 11.1 Å². The number of hydrogen-bond donors (Lipinski definition) is 0. The van der Waals surface area contributed by atoms with E-state index in [1.54, 1.807) is 6.07 Å². The molecule has 6 aromatic carbocycles. The Kier molecular flexibility index (Phi) is 13.0. The van der Waals surface area contributed by atoms with Gasteiger partial charge in [0.1, 0.15) is 52.7 Å². The van der Waals surface area contributed by atoms with Crippen LogP contribution in [-0.2, 0) is 6.54 Å². The lowest BCUT2D eigenvalue weighted by Gasteiger charge is -2.44. The minimum Gasteiger partial charge on any atom is -0.287 e. The number of pyridine rings is 1. The first-order valence-corrected chi connectivity index (χ1v) is 17.6. The van der Waals surface area contributed by atoms with Crippen LogP contribution in [-0.4, -0.2) is 11.9 Å². The Hall–Kier alpha value is -7.45. The van der Waals surface area contributed by atoms with Crippen molar-refractivity contribution in [2.24, 2.45) is 0 Å². The Morgan fingerprint density at radius 3 is 1.06 bits per heavy atom. The zero-order valence-electron chi connectivity index (χ0n) is 31.5. The van der Waals surface area contributed by atoms with Crippen molar-refractivity contribution in [3.05, 3.63) is 194 Å². The maximum atomic E-state index is 15.4. The topological polar surface area (TPSA) is 44.7 Å². The molecule has 0 amide bonds. The second kappa shape index (κ2) is 17.8. The van der Waals surface area contributed by atoms with E-state index in [1.807, 2.05) is 65.4 Å². The van der Waals surface area contributed by atoms with E-state index in [1.165, 1.54) is 0 Å². The third kappa shape index (κ3) is 7.40. The highest BCUT2D eigenvalue weighted by molar-refractivity contribution is 7.20. The molecule has 0 aliphatic carbocycles. The third-order valence-corrected chi connectivity index (χ3v) is 10.1. The third-order valence-electron chi connectivity index (χ3n) is 10.1. The van der Waals surface area contributed by atoms with Crippen LogP contribution in [0, 0.1) is 128 Å². The smallest absolute Gasteiger partial charge is 0.227 e. The van der Waals surface area contributed by atoms with E-state index in [4.69, 9.17) is 5.26 Å². The fourth-order valence-electron chi connectivity index (χ4n) is 7.22. The zero-order chi connectivity index (χ0) is 49.0. The number of benzene rings is 6. The van der Waals surface area contributed by atoms with Crippen molar-refractivity contribution < 1.29 is 97.2 Å². The SMILES string of the molecule is Fc1c(F)c(F)c([B-](c2c(F)c(F)c(F)c(F)c2F)(c2c(F)c(F)c(F)c(F)c2F)c2c(F)c(F)c(F)c(F)c2F)c(F)c1F.N#Cc1ccc2ccc[n+](CC(=O)c3ccccc3)c2c1. The molecular weight excluding hydrogens is 939 g/mol. The van der Waals surface area contributed by atoms with E-state index in [2.05, 4.69) is 6.07 Å². The lowest BCUT2D eigenvalue weighted by Crippen LogP contribution is -2.81. The van der Waals surface area contributed by atoms with Gasteiger partial charge in [-0.05, 0) is 18.2 Å². The number of hydrogen-bond acceptors (Lipinski definition) is 2. The predicted molar refractivity (Wildman–Crippen MR) is 189 cm³/mol. The second-order valence-electron chi connectivity index (χ2n) is 13.6. The molecule has 66 heavy (non-hydrogen) atoms. The Labute approximate surface area is 353 Å². The highest BCUT2D eigenvalue weighted by Crippen LogP contribution is 2.31. The number of Topliss-reactive ketones (excluding diaryl/α,β-unsaturated/α-hetero) is 1. The van der Waals surface area contributed by atoms with Crippen molar-refractivity contribution in [2.75, 3.05) is 0 Å². The lowest BCUT2D eigenvalue weighted by atomic mass is 9.12. The number of carbonyl (C=O) groups excluding carboxylic acids is 1. The molecule has 0 saturated heterocycles. The number of carbonyl (C=O) groups is 1. The van der Waals surface area contributed by atoms with Crippen molar-refractivity contribution in [3.8, 4) is 6.07 Å². The summed E-state index contributed by atoms with van der Waals surface area (Å²) >= 11 is 0. The normalized spacial score (nSPS) is 11.4. The summed E-state index contributed by atoms with van der Waals surface area (Å²) < 4.78 is 296. The number of fused-ring (bicyclic) bond motifs is 1. The van der Waals surface area contributed by atoms with Gasteiger partial charge in [-0.25, -0.2) is 87.8 Å². The molecule has 0 radical (unpaired) electrons. The van der Waals surface area contributed by atoms with Crippen LogP contribution in [0.4, 0.5) is 87.8 Å². The van der Waals surface area contributed by atoms with Gasteiger partial charge in [-0.1, -0.05) is 30.3 Å². The average molecular weight is 952 g/mol. The van der Waals surface area contributed by atoms with Crippen molar-refractivity contribution in [1.82, 2.24) is 0 Å². The van der Waals surface area contributed by atoms with E-state index >= 15 is 35.1 Å². The molecule has 0 fully saturated rings. The first-order chi connectivity index (χ1) is 31.0. The number of nitrogens with zero attached hydrogens (tertiary/aromatic N) is 2. The number of aromatic nitrogens is 1. The minimum absolute atomic E-state index is 0.0514. The highest BCUT2D eigenvalue weighted by Gasteiger charge is 2.52. The number of rotatable bonds is 7. The summed E-state index contributed by atoms with van der Waals surface area (Å²) in [4.78, 5) is 12.3. The number of ketones is 1. The summed E-state index contributed by atoms with van der Waals surface area (Å²) in [5.41, 5.74) is -12.2. The van der Waals surface area contributed by atoms with Crippen LogP contribution in [0.3, 0.4) is 0 Å². The molecule has 0 atom stereocenters. The molecular formula is C42H13BF20N2O. The summed E-state index contributed by atoms with van der Waals surface area (Å²) in [5, 5.41) is 10.0. The Morgan fingerprint density at radius 2 is 0.742 bits per heavy atom. The molecule has 1 heterocycles. The fourth-order valence-corrected chi connectivity index (χ4v) is 7.22. The molecule has 0 N–H and O–H groups in total. The second-order valence-corrected chi connectivity index (χ2v) is 13.6. The molecule has 7 rings (SSSR count).